The Morgan fingerprint density at radius 2 is 2.18 bits per heavy atom. The molecule has 0 spiro atoms. The Kier molecular flexibility index (Phi) is 2.58. The molecular formula is C9H15NO. The molecule has 0 aliphatic rings. The molecule has 0 aliphatic heterocycles. The minimum atomic E-state index is 0.582. The lowest BCUT2D eigenvalue weighted by molar-refractivity contribution is 0.262. The van der Waals surface area contributed by atoms with Crippen molar-refractivity contribution >= 4 is 0 Å². The maximum atomic E-state index is 5.43. The van der Waals surface area contributed by atoms with Gasteiger partial charge in [0.05, 0.1) is 6.61 Å². The zero-order valence-electron chi connectivity index (χ0n) is 7.35. The Balaban J connectivity index is 2.39. The first-order chi connectivity index (χ1) is 5.18. The SMILES string of the molecule is Cc1ccc(OCC(C)C)[nH]1. The molecule has 0 aliphatic carbocycles. The van der Waals surface area contributed by atoms with Crippen LogP contribution in [-0.2, 0) is 0 Å². The molecule has 0 atom stereocenters. The van der Waals surface area contributed by atoms with Crippen molar-refractivity contribution in [1.29, 1.82) is 0 Å². The second-order valence-corrected chi connectivity index (χ2v) is 3.21. The molecule has 0 saturated carbocycles. The molecule has 1 aromatic rings. The first-order valence-corrected chi connectivity index (χ1v) is 3.97. The lowest BCUT2D eigenvalue weighted by Gasteiger charge is -2.05. The summed E-state index contributed by atoms with van der Waals surface area (Å²) in [7, 11) is 0. The standard InChI is InChI=1S/C9H15NO/c1-7(2)6-11-9-5-4-8(3)10-9/h4-5,7,10H,6H2,1-3H3. The van der Waals surface area contributed by atoms with Crippen LogP contribution in [-0.4, -0.2) is 11.6 Å². The number of hydrogen-bond acceptors (Lipinski definition) is 1. The Labute approximate surface area is 67.6 Å². The number of nitrogens with one attached hydrogen (secondary N) is 1. The lowest BCUT2D eigenvalue weighted by atomic mass is 10.2. The number of rotatable bonds is 3. The predicted molar refractivity (Wildman–Crippen MR) is 45.9 cm³/mol. The van der Waals surface area contributed by atoms with Crippen LogP contribution in [0.4, 0.5) is 0 Å². The number of H-pyrrole nitrogens is 1. The molecule has 1 heterocycles. The van der Waals surface area contributed by atoms with Gasteiger partial charge in [-0.2, -0.15) is 0 Å². The third-order valence-electron chi connectivity index (χ3n) is 1.38. The Bertz CT molecular complexity index is 215. The van der Waals surface area contributed by atoms with Gasteiger partial charge in [-0.3, -0.25) is 0 Å². The minimum absolute atomic E-state index is 0.582. The van der Waals surface area contributed by atoms with Crippen molar-refractivity contribution in [2.75, 3.05) is 6.61 Å². The van der Waals surface area contributed by atoms with Gasteiger partial charge < -0.3 is 9.72 Å². The number of aryl methyl sites for hydroxylation is 1. The second-order valence-electron chi connectivity index (χ2n) is 3.21. The molecule has 0 amide bonds. The average Bonchev–Trinajstić information content (AvgIpc) is 2.31. The van der Waals surface area contributed by atoms with Crippen LogP contribution >= 0.6 is 0 Å². The summed E-state index contributed by atoms with van der Waals surface area (Å²) in [6.07, 6.45) is 0. The van der Waals surface area contributed by atoms with Crippen LogP contribution in [0, 0.1) is 12.8 Å². The molecule has 1 N–H and O–H groups in total. The fourth-order valence-electron chi connectivity index (χ4n) is 0.819. The normalized spacial score (nSPS) is 10.5. The summed E-state index contributed by atoms with van der Waals surface area (Å²) in [6, 6.07) is 3.97. The second kappa shape index (κ2) is 3.46. The van der Waals surface area contributed by atoms with Crippen molar-refractivity contribution in [3.63, 3.8) is 0 Å². The first-order valence-electron chi connectivity index (χ1n) is 3.97. The van der Waals surface area contributed by atoms with Gasteiger partial charge in [-0.05, 0) is 25.0 Å². The van der Waals surface area contributed by atoms with E-state index in [-0.39, 0.29) is 0 Å². The van der Waals surface area contributed by atoms with Crippen LogP contribution in [0.15, 0.2) is 12.1 Å². The summed E-state index contributed by atoms with van der Waals surface area (Å²) in [4.78, 5) is 3.11. The van der Waals surface area contributed by atoms with E-state index < -0.39 is 0 Å². The van der Waals surface area contributed by atoms with E-state index in [4.69, 9.17) is 4.74 Å². The number of hydrogen-bond donors (Lipinski definition) is 1. The van der Waals surface area contributed by atoms with E-state index in [0.717, 1.165) is 18.2 Å². The van der Waals surface area contributed by atoms with E-state index in [2.05, 4.69) is 18.8 Å². The highest BCUT2D eigenvalue weighted by atomic mass is 16.5. The highest BCUT2D eigenvalue weighted by Crippen LogP contribution is 2.09. The van der Waals surface area contributed by atoms with Crippen molar-refractivity contribution < 1.29 is 4.74 Å². The molecule has 0 fully saturated rings. The summed E-state index contributed by atoms with van der Waals surface area (Å²) in [5.41, 5.74) is 1.14. The quantitative estimate of drug-likeness (QED) is 0.708. The largest absolute Gasteiger partial charge is 0.479 e. The highest BCUT2D eigenvalue weighted by molar-refractivity contribution is 5.16. The molecule has 2 heteroatoms. The average molecular weight is 153 g/mol. The maximum Gasteiger partial charge on any atom is 0.190 e. The van der Waals surface area contributed by atoms with E-state index in [1.807, 2.05) is 19.1 Å². The van der Waals surface area contributed by atoms with Crippen molar-refractivity contribution in [2.24, 2.45) is 5.92 Å². The minimum Gasteiger partial charge on any atom is -0.479 e. The topological polar surface area (TPSA) is 25.0 Å². The molecule has 0 unspecified atom stereocenters. The van der Waals surface area contributed by atoms with Crippen LogP contribution in [0.2, 0.25) is 0 Å². The Morgan fingerprint density at radius 1 is 1.45 bits per heavy atom. The van der Waals surface area contributed by atoms with Crippen LogP contribution in [0.3, 0.4) is 0 Å². The smallest absolute Gasteiger partial charge is 0.190 e. The van der Waals surface area contributed by atoms with Crippen molar-refractivity contribution in [2.45, 2.75) is 20.8 Å². The zero-order chi connectivity index (χ0) is 8.27. The third kappa shape index (κ3) is 2.66. The summed E-state index contributed by atoms with van der Waals surface area (Å²) in [6.45, 7) is 7.06. The summed E-state index contributed by atoms with van der Waals surface area (Å²) in [5, 5.41) is 0. The monoisotopic (exact) mass is 153 g/mol. The van der Waals surface area contributed by atoms with Gasteiger partial charge >= 0.3 is 0 Å². The molecule has 11 heavy (non-hydrogen) atoms. The van der Waals surface area contributed by atoms with Gasteiger partial charge in [0, 0.05) is 5.69 Å². The van der Waals surface area contributed by atoms with Crippen LogP contribution in [0.1, 0.15) is 19.5 Å². The van der Waals surface area contributed by atoms with Crippen LogP contribution in [0.5, 0.6) is 5.88 Å². The van der Waals surface area contributed by atoms with Gasteiger partial charge in [-0.25, -0.2) is 0 Å². The Morgan fingerprint density at radius 3 is 2.64 bits per heavy atom. The van der Waals surface area contributed by atoms with Gasteiger partial charge in [0.1, 0.15) is 0 Å². The molecule has 0 radical (unpaired) electrons. The number of aromatic nitrogens is 1. The van der Waals surface area contributed by atoms with Gasteiger partial charge in [0.2, 0.25) is 0 Å². The van der Waals surface area contributed by atoms with Crippen molar-refractivity contribution in [1.82, 2.24) is 4.98 Å². The summed E-state index contributed by atoms with van der Waals surface area (Å²) >= 11 is 0. The molecule has 2 nitrogen and oxygen atoms in total. The van der Waals surface area contributed by atoms with Crippen molar-refractivity contribution in [3.8, 4) is 5.88 Å². The van der Waals surface area contributed by atoms with Gasteiger partial charge in [0.25, 0.3) is 0 Å². The maximum absolute atomic E-state index is 5.43. The fourth-order valence-corrected chi connectivity index (χ4v) is 0.819. The van der Waals surface area contributed by atoms with E-state index in [9.17, 15) is 0 Å². The summed E-state index contributed by atoms with van der Waals surface area (Å²) < 4.78 is 5.43. The van der Waals surface area contributed by atoms with Gasteiger partial charge in [0.15, 0.2) is 5.88 Å². The van der Waals surface area contributed by atoms with Crippen LogP contribution < -0.4 is 4.74 Å². The molecule has 62 valence electrons. The van der Waals surface area contributed by atoms with E-state index >= 15 is 0 Å². The van der Waals surface area contributed by atoms with Gasteiger partial charge in [-0.1, -0.05) is 13.8 Å². The molecule has 1 aromatic heterocycles. The van der Waals surface area contributed by atoms with E-state index in [1.165, 1.54) is 0 Å². The van der Waals surface area contributed by atoms with E-state index in [0.29, 0.717) is 5.92 Å². The lowest BCUT2D eigenvalue weighted by Crippen LogP contribution is -2.04. The number of ether oxygens (including phenoxy) is 1. The van der Waals surface area contributed by atoms with Crippen LogP contribution in [0.25, 0.3) is 0 Å². The molecule has 0 aromatic carbocycles. The molecule has 1 rings (SSSR count). The third-order valence-corrected chi connectivity index (χ3v) is 1.38. The Hall–Kier alpha value is -0.920. The van der Waals surface area contributed by atoms with Crippen molar-refractivity contribution in [3.05, 3.63) is 17.8 Å². The predicted octanol–water partition coefficient (Wildman–Crippen LogP) is 2.36. The highest BCUT2D eigenvalue weighted by Gasteiger charge is 1.97. The van der Waals surface area contributed by atoms with E-state index in [1.54, 1.807) is 0 Å². The fraction of sp³-hybridized carbons (Fsp3) is 0.556. The summed E-state index contributed by atoms with van der Waals surface area (Å²) in [5.74, 6) is 1.45. The van der Waals surface area contributed by atoms with Gasteiger partial charge in [-0.15, -0.1) is 0 Å². The molecular weight excluding hydrogens is 138 g/mol. The molecule has 0 saturated heterocycles. The zero-order valence-corrected chi connectivity index (χ0v) is 7.35. The number of aromatic amines is 1. The molecule has 0 bridgehead atoms. The first kappa shape index (κ1) is 8.18.